The molecule has 0 unspecified atom stereocenters. The highest BCUT2D eigenvalue weighted by Crippen LogP contribution is 2.31. The number of hydrazine groups is 1. The van der Waals surface area contributed by atoms with Crippen molar-refractivity contribution in [1.29, 1.82) is 0 Å². The summed E-state index contributed by atoms with van der Waals surface area (Å²) in [5, 5.41) is 6.64. The number of aromatic amines is 1. The third-order valence-electron chi connectivity index (χ3n) is 4.81. The minimum Gasteiger partial charge on any atom is -0.381 e. The molecule has 1 saturated heterocycles. The first kappa shape index (κ1) is 21.7. The summed E-state index contributed by atoms with van der Waals surface area (Å²) >= 11 is 5.97. The number of hydrogen-bond donors (Lipinski definition) is 3. The van der Waals surface area contributed by atoms with Gasteiger partial charge in [-0.2, -0.15) is 5.10 Å². The molecule has 1 aromatic heterocycles. The van der Waals surface area contributed by atoms with Crippen LogP contribution in [0.4, 0.5) is 4.39 Å². The van der Waals surface area contributed by atoms with Crippen LogP contribution in [0.2, 0.25) is 5.02 Å². The summed E-state index contributed by atoms with van der Waals surface area (Å²) in [4.78, 5) is 14.5. The van der Waals surface area contributed by atoms with Crippen LogP contribution in [-0.2, 0) is 14.8 Å². The Labute approximate surface area is 173 Å². The molecule has 158 valence electrons. The van der Waals surface area contributed by atoms with Crippen molar-refractivity contribution in [3.63, 3.8) is 0 Å². The van der Waals surface area contributed by atoms with Gasteiger partial charge in [-0.3, -0.25) is 15.3 Å². The van der Waals surface area contributed by atoms with Crippen LogP contribution < -0.4 is 10.3 Å². The van der Waals surface area contributed by atoms with Crippen LogP contribution in [0.25, 0.3) is 11.1 Å². The zero-order valence-electron chi connectivity index (χ0n) is 16.0. The van der Waals surface area contributed by atoms with Gasteiger partial charge < -0.3 is 4.74 Å². The zero-order chi connectivity index (χ0) is 21.2. The highest BCUT2D eigenvalue weighted by Gasteiger charge is 2.24. The van der Waals surface area contributed by atoms with Crippen LogP contribution in [-0.4, -0.2) is 43.5 Å². The monoisotopic (exact) mass is 444 g/mol. The molecule has 1 aliphatic heterocycles. The van der Waals surface area contributed by atoms with Crippen LogP contribution in [0.3, 0.4) is 0 Å². The fourth-order valence-electron chi connectivity index (χ4n) is 3.33. The Bertz CT molecular complexity index is 1000. The van der Waals surface area contributed by atoms with Crippen LogP contribution in [0, 0.1) is 25.6 Å². The van der Waals surface area contributed by atoms with E-state index in [0.717, 1.165) is 5.69 Å². The predicted molar refractivity (Wildman–Crippen MR) is 106 cm³/mol. The number of nitrogens with zero attached hydrogens (tertiary/aromatic N) is 1. The van der Waals surface area contributed by atoms with Gasteiger partial charge in [-0.05, 0) is 50.3 Å². The van der Waals surface area contributed by atoms with Crippen molar-refractivity contribution in [3.8, 4) is 11.1 Å². The first-order valence-corrected chi connectivity index (χ1v) is 11.1. The Kier molecular flexibility index (Phi) is 6.57. The second kappa shape index (κ2) is 8.78. The van der Waals surface area contributed by atoms with E-state index in [1.807, 2.05) is 4.83 Å². The Morgan fingerprint density at radius 2 is 2.03 bits per heavy atom. The summed E-state index contributed by atoms with van der Waals surface area (Å²) < 4.78 is 44.1. The number of amides is 1. The van der Waals surface area contributed by atoms with E-state index in [9.17, 15) is 17.6 Å². The maximum absolute atomic E-state index is 14.5. The van der Waals surface area contributed by atoms with Gasteiger partial charge in [-0.1, -0.05) is 11.6 Å². The molecule has 3 N–H and O–H groups in total. The molecular formula is C18H22ClFN4O4S. The van der Waals surface area contributed by atoms with Crippen LogP contribution in [0.15, 0.2) is 12.1 Å². The number of rotatable bonds is 6. The highest BCUT2D eigenvalue weighted by molar-refractivity contribution is 7.89. The lowest BCUT2D eigenvalue weighted by atomic mass is 10.0. The Morgan fingerprint density at radius 1 is 1.34 bits per heavy atom. The number of carbonyl (C=O) groups is 1. The van der Waals surface area contributed by atoms with Crippen molar-refractivity contribution in [1.82, 2.24) is 20.5 Å². The molecule has 0 spiro atoms. The summed E-state index contributed by atoms with van der Waals surface area (Å²) in [6, 6.07) is 2.71. The van der Waals surface area contributed by atoms with Gasteiger partial charge in [0.05, 0.1) is 22.0 Å². The quantitative estimate of drug-likeness (QED) is 0.592. The Balaban J connectivity index is 1.76. The number of ether oxygens (including phenoxy) is 1. The molecule has 1 amide bonds. The summed E-state index contributed by atoms with van der Waals surface area (Å²) in [6.07, 6.45) is 1.26. The van der Waals surface area contributed by atoms with Gasteiger partial charge in [-0.25, -0.2) is 12.8 Å². The smallest absolute Gasteiger partial charge is 0.269 e. The fourth-order valence-corrected chi connectivity index (χ4v) is 4.84. The molecule has 1 aromatic carbocycles. The third kappa shape index (κ3) is 5.13. The second-order valence-electron chi connectivity index (χ2n) is 7.02. The number of nitrogens with one attached hydrogen (secondary N) is 3. The number of benzene rings is 1. The molecule has 0 aliphatic carbocycles. The summed E-state index contributed by atoms with van der Waals surface area (Å²) in [5.41, 5.74) is 4.28. The summed E-state index contributed by atoms with van der Waals surface area (Å²) in [6.45, 7) is 4.57. The fraction of sp³-hybridized carbons (Fsp3) is 0.444. The standard InChI is InChI=1S/C18H22ClFN4O4S/c1-10-16(11(2)22-21-10)13-7-14(17(20)15(19)8-13)18(25)23-24-29(26,27)9-12-3-5-28-6-4-12/h7-8,12,24H,3-6,9H2,1-2H3,(H,21,22)(H,23,25). The van der Waals surface area contributed by atoms with Crippen molar-refractivity contribution in [2.45, 2.75) is 26.7 Å². The van der Waals surface area contributed by atoms with E-state index in [4.69, 9.17) is 16.3 Å². The average molecular weight is 445 g/mol. The molecule has 0 bridgehead atoms. The minimum absolute atomic E-state index is 0.0558. The van der Waals surface area contributed by atoms with E-state index in [0.29, 0.717) is 42.9 Å². The molecule has 0 atom stereocenters. The number of sulfonamides is 1. The minimum atomic E-state index is -3.78. The summed E-state index contributed by atoms with van der Waals surface area (Å²) in [7, 11) is -3.78. The van der Waals surface area contributed by atoms with Crippen molar-refractivity contribution in [2.75, 3.05) is 19.0 Å². The van der Waals surface area contributed by atoms with Crippen molar-refractivity contribution in [2.24, 2.45) is 5.92 Å². The van der Waals surface area contributed by atoms with E-state index < -0.39 is 21.7 Å². The second-order valence-corrected chi connectivity index (χ2v) is 9.20. The largest absolute Gasteiger partial charge is 0.381 e. The maximum Gasteiger partial charge on any atom is 0.269 e. The van der Waals surface area contributed by atoms with Crippen LogP contribution >= 0.6 is 11.6 Å². The lowest BCUT2D eigenvalue weighted by molar-refractivity contribution is 0.0722. The first-order chi connectivity index (χ1) is 13.7. The lowest BCUT2D eigenvalue weighted by Gasteiger charge is -2.21. The Hall–Kier alpha value is -2.01. The van der Waals surface area contributed by atoms with Gasteiger partial charge in [0, 0.05) is 24.5 Å². The Morgan fingerprint density at radius 3 is 2.66 bits per heavy atom. The van der Waals surface area contributed by atoms with Crippen molar-refractivity contribution in [3.05, 3.63) is 39.9 Å². The third-order valence-corrected chi connectivity index (χ3v) is 6.40. The molecule has 0 saturated carbocycles. The average Bonchev–Trinajstić information content (AvgIpc) is 3.01. The molecule has 29 heavy (non-hydrogen) atoms. The van der Waals surface area contributed by atoms with E-state index >= 15 is 0 Å². The molecule has 2 heterocycles. The number of hydrogen-bond acceptors (Lipinski definition) is 5. The van der Waals surface area contributed by atoms with Gasteiger partial charge >= 0.3 is 0 Å². The molecular weight excluding hydrogens is 423 g/mol. The highest BCUT2D eigenvalue weighted by atomic mass is 35.5. The first-order valence-electron chi connectivity index (χ1n) is 9.06. The lowest BCUT2D eigenvalue weighted by Crippen LogP contribution is -2.44. The van der Waals surface area contributed by atoms with E-state index in [2.05, 4.69) is 15.6 Å². The van der Waals surface area contributed by atoms with Gasteiger partial charge in [0.15, 0.2) is 5.82 Å². The number of H-pyrrole nitrogens is 1. The molecule has 0 radical (unpaired) electrons. The maximum atomic E-state index is 14.5. The van der Waals surface area contributed by atoms with Crippen molar-refractivity contribution >= 4 is 27.5 Å². The van der Waals surface area contributed by atoms with E-state index in [1.54, 1.807) is 13.8 Å². The normalized spacial score (nSPS) is 15.4. The number of carbonyl (C=O) groups excluding carboxylic acids is 1. The molecule has 1 fully saturated rings. The predicted octanol–water partition coefficient (Wildman–Crippen LogP) is 2.48. The molecule has 1 aliphatic rings. The van der Waals surface area contributed by atoms with Gasteiger partial charge in [0.1, 0.15) is 0 Å². The molecule has 3 rings (SSSR count). The molecule has 2 aromatic rings. The van der Waals surface area contributed by atoms with Gasteiger partial charge in [-0.15, -0.1) is 4.83 Å². The van der Waals surface area contributed by atoms with E-state index in [-0.39, 0.29) is 22.3 Å². The molecule has 11 heteroatoms. The van der Waals surface area contributed by atoms with Gasteiger partial charge in [0.25, 0.3) is 5.91 Å². The summed E-state index contributed by atoms with van der Waals surface area (Å²) in [5.74, 6) is -2.08. The topological polar surface area (TPSA) is 113 Å². The number of aryl methyl sites for hydroxylation is 2. The SMILES string of the molecule is Cc1n[nH]c(C)c1-c1cc(Cl)c(F)c(C(=O)NNS(=O)(=O)CC2CCOCC2)c1. The zero-order valence-corrected chi connectivity index (χ0v) is 17.6. The van der Waals surface area contributed by atoms with E-state index in [1.165, 1.54) is 12.1 Å². The number of halogens is 2. The van der Waals surface area contributed by atoms with Crippen LogP contribution in [0.5, 0.6) is 0 Å². The number of aromatic nitrogens is 2. The van der Waals surface area contributed by atoms with Crippen molar-refractivity contribution < 1.29 is 22.3 Å². The van der Waals surface area contributed by atoms with Crippen LogP contribution in [0.1, 0.15) is 34.6 Å². The molecule has 8 nitrogen and oxygen atoms in total. The van der Waals surface area contributed by atoms with Gasteiger partial charge in [0.2, 0.25) is 10.0 Å².